The molecule has 0 bridgehead atoms. The van der Waals surface area contributed by atoms with E-state index in [9.17, 15) is 9.90 Å². The Bertz CT molecular complexity index is 3470. The van der Waals surface area contributed by atoms with Crippen LogP contribution in [0.3, 0.4) is 0 Å². The summed E-state index contributed by atoms with van der Waals surface area (Å²) in [5.41, 5.74) is 3.36. The number of methoxy groups -OCH3 is 1. The molecule has 0 aliphatic carbocycles. The van der Waals surface area contributed by atoms with Crippen molar-refractivity contribution in [3.63, 3.8) is 0 Å². The van der Waals surface area contributed by atoms with E-state index >= 15 is 14.4 Å². The lowest BCUT2D eigenvalue weighted by molar-refractivity contribution is -0.179. The van der Waals surface area contributed by atoms with Gasteiger partial charge in [0.15, 0.2) is 11.5 Å². The van der Waals surface area contributed by atoms with Crippen molar-refractivity contribution in [2.24, 2.45) is 5.92 Å². The summed E-state index contributed by atoms with van der Waals surface area (Å²) in [5, 5.41) is 18.5. The quantitative estimate of drug-likeness (QED) is 0.0762. The molecule has 0 unspecified atom stereocenters. The van der Waals surface area contributed by atoms with Crippen LogP contribution in [-0.4, -0.2) is 131 Å². The van der Waals surface area contributed by atoms with E-state index < -0.39 is 59.4 Å². The molecule has 3 fully saturated rings. The molecule has 78 heavy (non-hydrogen) atoms. The van der Waals surface area contributed by atoms with Gasteiger partial charge in [-0.3, -0.25) is 24.2 Å². The van der Waals surface area contributed by atoms with Crippen LogP contribution in [0.2, 0.25) is 0 Å². The second kappa shape index (κ2) is 21.4. The number of ether oxygens (including phenoxy) is 6. The molecule has 5 aliphatic heterocycles. The summed E-state index contributed by atoms with van der Waals surface area (Å²) >= 11 is 0. The number of piperazine rings is 1. The highest BCUT2D eigenvalue weighted by Crippen LogP contribution is 2.66. The summed E-state index contributed by atoms with van der Waals surface area (Å²) in [6.45, 7) is 1.94. The number of aromatic nitrogens is 3. The summed E-state index contributed by atoms with van der Waals surface area (Å²) in [7, 11) is 1.48. The first kappa shape index (κ1) is 50.2. The van der Waals surface area contributed by atoms with Gasteiger partial charge in [-0.2, -0.15) is 0 Å². The van der Waals surface area contributed by atoms with E-state index in [1.807, 2.05) is 114 Å². The van der Waals surface area contributed by atoms with Crippen molar-refractivity contribution in [2.45, 2.75) is 42.7 Å². The first-order chi connectivity index (χ1) is 38.3. The normalized spacial score (nSPS) is 22.5. The molecule has 6 aromatic carbocycles. The van der Waals surface area contributed by atoms with Gasteiger partial charge in [0.2, 0.25) is 18.6 Å². The van der Waals surface area contributed by atoms with E-state index in [4.69, 9.17) is 28.4 Å². The number of imide groups is 1. The number of esters is 1. The van der Waals surface area contributed by atoms with Crippen LogP contribution in [0.1, 0.15) is 51.6 Å². The number of hydrogen-bond donors (Lipinski definition) is 1. The molecule has 7 aromatic rings. The molecule has 1 N–H and O–H groups in total. The molecule has 396 valence electrons. The van der Waals surface area contributed by atoms with Gasteiger partial charge in [-0.05, 0) is 82.4 Å². The third kappa shape index (κ3) is 8.93. The number of aliphatic hydroxyl groups is 1. The zero-order valence-electron chi connectivity index (χ0n) is 42.7. The first-order valence-corrected chi connectivity index (χ1v) is 26.0. The van der Waals surface area contributed by atoms with E-state index in [-0.39, 0.29) is 58.5 Å². The lowest BCUT2D eigenvalue weighted by Gasteiger charge is -2.46. The minimum Gasteiger partial charge on any atom is -0.491 e. The largest absolute Gasteiger partial charge is 0.491 e. The minimum atomic E-state index is -2.06. The van der Waals surface area contributed by atoms with Crippen molar-refractivity contribution >= 4 is 40.6 Å². The fourth-order valence-electron chi connectivity index (χ4n) is 12.0. The van der Waals surface area contributed by atoms with Gasteiger partial charge in [-0.15, -0.1) is 5.10 Å². The number of morpholine rings is 1. The number of fused-ring (bicyclic) bond motifs is 5. The van der Waals surface area contributed by atoms with Gasteiger partial charge in [0.25, 0.3) is 0 Å². The molecule has 3 amide bonds. The van der Waals surface area contributed by atoms with E-state index in [0.29, 0.717) is 64.7 Å². The van der Waals surface area contributed by atoms with Gasteiger partial charge < -0.3 is 38.4 Å². The number of aliphatic hydroxyl groups excluding tert-OH is 1. The molecule has 6 atom stereocenters. The maximum absolute atomic E-state index is 16.8. The molecule has 1 spiro atoms. The molecule has 3 saturated heterocycles. The van der Waals surface area contributed by atoms with E-state index in [1.165, 1.54) is 7.11 Å². The Morgan fingerprint density at radius 3 is 2.32 bits per heavy atom. The topological polar surface area (TPSA) is 188 Å². The number of rotatable bonds is 13. The van der Waals surface area contributed by atoms with Crippen LogP contribution in [0.25, 0.3) is 11.0 Å². The second-order valence-electron chi connectivity index (χ2n) is 19.7. The number of carbonyl (C=O) groups excluding carboxylic acids is 4. The standard InChI is InChI=1S/C60H55N7O11/c1-73-32-33-75-59(72)66-47-23-21-39(12-11-25-65-48-20-9-8-19-46(48)61-62-65)34-45(47)60(58(66)71)51(56(69)64-28-26-63(27-29-64)37-40-22-24-49-50(35-40)77-38-76-49)53-57(70)78-54(42-15-6-3-7-16-42)52(41-13-4-2-5-14-41)67(53)55(60)43-17-10-18-44(36-43)74-31-30-68/h2-10,13-24,34-36,51-55,68H,25-33,37-38H2,1H3/t51-,52-,53-,54+,55+,60-/m0/s1. The van der Waals surface area contributed by atoms with Crippen LogP contribution >= 0.6 is 0 Å². The Hall–Kier alpha value is -8.60. The zero-order valence-corrected chi connectivity index (χ0v) is 42.7. The maximum atomic E-state index is 16.8. The smallest absolute Gasteiger partial charge is 0.421 e. The molecule has 18 heteroatoms. The van der Waals surface area contributed by atoms with E-state index in [0.717, 1.165) is 21.5 Å². The van der Waals surface area contributed by atoms with Crippen LogP contribution in [0, 0.1) is 17.8 Å². The van der Waals surface area contributed by atoms with Gasteiger partial charge in [-0.1, -0.05) is 108 Å². The highest BCUT2D eigenvalue weighted by molar-refractivity contribution is 6.23. The summed E-state index contributed by atoms with van der Waals surface area (Å²) in [6, 6.07) is 41.3. The van der Waals surface area contributed by atoms with Gasteiger partial charge in [0.1, 0.15) is 48.6 Å². The number of hydrogen-bond acceptors (Lipinski definition) is 15. The lowest BCUT2D eigenvalue weighted by atomic mass is 9.64. The van der Waals surface area contributed by atoms with Crippen molar-refractivity contribution in [2.75, 3.05) is 71.4 Å². The number of carbonyl (C=O) groups is 4. The molecular formula is C60H55N7O11. The van der Waals surface area contributed by atoms with Gasteiger partial charge >= 0.3 is 12.1 Å². The number of para-hydroxylation sites is 1. The predicted molar refractivity (Wildman–Crippen MR) is 283 cm³/mol. The summed E-state index contributed by atoms with van der Waals surface area (Å²) in [5.74, 6) is 4.81. The van der Waals surface area contributed by atoms with Gasteiger partial charge in [-0.25, -0.2) is 14.4 Å². The Labute approximate surface area is 449 Å². The van der Waals surface area contributed by atoms with Crippen molar-refractivity contribution in [3.05, 3.63) is 179 Å². The van der Waals surface area contributed by atoms with Crippen LogP contribution in [0.15, 0.2) is 146 Å². The molecule has 18 nitrogen and oxygen atoms in total. The number of nitrogens with zero attached hydrogens (tertiary/aromatic N) is 7. The average Bonchev–Trinajstić information content (AvgIpc) is 3.96. The molecule has 6 heterocycles. The van der Waals surface area contributed by atoms with Crippen LogP contribution in [0.5, 0.6) is 17.2 Å². The van der Waals surface area contributed by atoms with Crippen LogP contribution in [-0.2, 0) is 47.1 Å². The van der Waals surface area contributed by atoms with Crippen molar-refractivity contribution < 1.29 is 52.7 Å². The highest BCUT2D eigenvalue weighted by Gasteiger charge is 2.76. The number of anilines is 1. The highest BCUT2D eigenvalue weighted by atomic mass is 16.7. The van der Waals surface area contributed by atoms with Crippen molar-refractivity contribution in [1.29, 1.82) is 0 Å². The Morgan fingerprint density at radius 2 is 1.53 bits per heavy atom. The Morgan fingerprint density at radius 1 is 0.769 bits per heavy atom. The first-order valence-electron chi connectivity index (χ1n) is 26.0. The Kier molecular flexibility index (Phi) is 13.8. The SMILES string of the molecule is COCCOC(=O)N1C(=O)[C@@]2(c3cc(C#CCn4nnc5ccccc54)ccc31)[C@H](C(=O)N1CCN(Cc3ccc4c(c3)OCO4)CC1)[C@H]1C(=O)O[C@H](c3ccccc3)[C@H](c3ccccc3)N1[C@@H]2c1cccc(OCCO)c1. The number of cyclic esters (lactones) is 1. The monoisotopic (exact) mass is 1050 g/mol. The average molecular weight is 1050 g/mol. The minimum absolute atomic E-state index is 0.0301. The van der Waals surface area contributed by atoms with E-state index in [1.54, 1.807) is 46.0 Å². The molecule has 5 aliphatic rings. The van der Waals surface area contributed by atoms with Gasteiger partial charge in [0.05, 0.1) is 42.4 Å². The zero-order chi connectivity index (χ0) is 53.3. The summed E-state index contributed by atoms with van der Waals surface area (Å²) < 4.78 is 36.8. The molecular weight excluding hydrogens is 995 g/mol. The fourth-order valence-corrected chi connectivity index (χ4v) is 12.0. The summed E-state index contributed by atoms with van der Waals surface area (Å²) in [4.78, 5) is 70.8. The lowest BCUT2D eigenvalue weighted by Crippen LogP contribution is -2.59. The number of benzene rings is 6. The fraction of sp³-hybridized carbons (Fsp3) is 0.300. The number of amides is 3. The molecule has 12 rings (SSSR count). The third-order valence-electron chi connectivity index (χ3n) is 15.4. The predicted octanol–water partition coefficient (Wildman–Crippen LogP) is 6.38. The molecule has 1 aromatic heterocycles. The molecule has 0 saturated carbocycles. The maximum Gasteiger partial charge on any atom is 0.421 e. The van der Waals surface area contributed by atoms with E-state index in [2.05, 4.69) is 27.1 Å². The van der Waals surface area contributed by atoms with Crippen LogP contribution in [0.4, 0.5) is 10.5 Å². The van der Waals surface area contributed by atoms with Crippen molar-refractivity contribution in [1.82, 2.24) is 29.7 Å². The van der Waals surface area contributed by atoms with Gasteiger partial charge in [0, 0.05) is 45.4 Å². The second-order valence-corrected chi connectivity index (χ2v) is 19.7. The Balaban J connectivity index is 1.05. The van der Waals surface area contributed by atoms with Crippen LogP contribution < -0.4 is 19.1 Å². The third-order valence-corrected chi connectivity index (χ3v) is 15.4. The summed E-state index contributed by atoms with van der Waals surface area (Å²) in [6.07, 6.45) is -1.92. The molecule has 0 radical (unpaired) electrons. The van der Waals surface area contributed by atoms with Crippen molar-refractivity contribution in [3.8, 4) is 29.1 Å².